The van der Waals surface area contributed by atoms with Crippen LogP contribution in [0, 0.1) is 11.8 Å². The van der Waals surface area contributed by atoms with E-state index in [1.807, 2.05) is 35.9 Å². The van der Waals surface area contributed by atoms with Crippen LogP contribution in [0.5, 0.6) is 0 Å². The summed E-state index contributed by atoms with van der Waals surface area (Å²) in [6.45, 7) is 7.20. The number of para-hydroxylation sites is 1. The highest BCUT2D eigenvalue weighted by Crippen LogP contribution is 2.24. The van der Waals surface area contributed by atoms with Crippen LogP contribution in [0.25, 0.3) is 10.9 Å². The Morgan fingerprint density at radius 2 is 1.86 bits per heavy atom. The summed E-state index contributed by atoms with van der Waals surface area (Å²) >= 11 is 0. The molecule has 3 heteroatoms. The van der Waals surface area contributed by atoms with Crippen LogP contribution in [-0.2, 0) is 6.42 Å². The summed E-state index contributed by atoms with van der Waals surface area (Å²) < 4.78 is 1.85. The molecule has 0 aliphatic heterocycles. The Morgan fingerprint density at radius 3 is 2.48 bits per heavy atom. The van der Waals surface area contributed by atoms with Crippen LogP contribution in [0.15, 0.2) is 30.5 Å². The Kier molecular flexibility index (Phi) is 4.84. The molecule has 2 rings (SSSR count). The van der Waals surface area contributed by atoms with Crippen LogP contribution >= 0.6 is 0 Å². The topological polar surface area (TPSA) is 25.2 Å². The van der Waals surface area contributed by atoms with Gasteiger partial charge >= 0.3 is 0 Å². The fourth-order valence-electron chi connectivity index (χ4n) is 2.48. The smallest absolute Gasteiger partial charge is 0.234 e. The lowest BCUT2D eigenvalue weighted by Crippen LogP contribution is -2.22. The number of nitrogens with zero attached hydrogens (tertiary/aromatic N) is 2. The third-order valence-corrected chi connectivity index (χ3v) is 4.25. The summed E-state index contributed by atoms with van der Waals surface area (Å²) in [7, 11) is 4.15. The van der Waals surface area contributed by atoms with Gasteiger partial charge in [0, 0.05) is 24.0 Å². The third-order valence-electron chi connectivity index (χ3n) is 4.25. The van der Waals surface area contributed by atoms with E-state index in [2.05, 4.69) is 38.9 Å². The van der Waals surface area contributed by atoms with Crippen molar-refractivity contribution in [3.05, 3.63) is 36.0 Å². The average Bonchev–Trinajstić information content (AvgIpc) is 2.82. The van der Waals surface area contributed by atoms with Gasteiger partial charge in [-0.2, -0.15) is 0 Å². The van der Waals surface area contributed by atoms with E-state index in [-0.39, 0.29) is 11.8 Å². The number of fused-ring (bicyclic) bond motifs is 1. The van der Waals surface area contributed by atoms with Crippen LogP contribution in [0.3, 0.4) is 0 Å². The minimum absolute atomic E-state index is 0.0301. The van der Waals surface area contributed by atoms with Crippen molar-refractivity contribution in [2.24, 2.45) is 11.8 Å². The van der Waals surface area contributed by atoms with Gasteiger partial charge < -0.3 is 4.90 Å². The standard InChI is InChI=1S/C18H26N2O/c1-13(2)14(3)18(21)20-12-15(10-11-19(4)5)16-8-6-7-9-17(16)20/h6-9,12-14H,10-11H2,1-5H3. The number of rotatable bonds is 5. The Morgan fingerprint density at radius 1 is 1.19 bits per heavy atom. The van der Waals surface area contributed by atoms with Crippen LogP contribution < -0.4 is 0 Å². The molecule has 1 aromatic carbocycles. The first-order valence-corrected chi connectivity index (χ1v) is 7.69. The first-order valence-electron chi connectivity index (χ1n) is 7.69. The van der Waals surface area contributed by atoms with Crippen LogP contribution in [0.2, 0.25) is 0 Å². The third kappa shape index (κ3) is 3.35. The molecule has 3 nitrogen and oxygen atoms in total. The zero-order chi connectivity index (χ0) is 15.6. The molecular weight excluding hydrogens is 260 g/mol. The molecule has 2 aromatic rings. The zero-order valence-electron chi connectivity index (χ0n) is 13.8. The molecule has 0 N–H and O–H groups in total. The molecule has 0 radical (unpaired) electrons. The molecule has 0 bridgehead atoms. The van der Waals surface area contributed by atoms with Crippen molar-refractivity contribution in [1.82, 2.24) is 9.47 Å². The Hall–Kier alpha value is -1.61. The Labute approximate surface area is 127 Å². The fourth-order valence-corrected chi connectivity index (χ4v) is 2.48. The second-order valence-corrected chi connectivity index (χ2v) is 6.47. The van der Waals surface area contributed by atoms with Gasteiger partial charge in [0.2, 0.25) is 5.91 Å². The van der Waals surface area contributed by atoms with Crippen LogP contribution in [0.4, 0.5) is 0 Å². The van der Waals surface area contributed by atoms with Crippen molar-refractivity contribution < 1.29 is 4.79 Å². The summed E-state index contributed by atoms with van der Waals surface area (Å²) in [5.74, 6) is 0.573. The van der Waals surface area contributed by atoms with Crippen LogP contribution in [0.1, 0.15) is 31.1 Å². The normalized spacial score (nSPS) is 13.3. The molecule has 0 aliphatic rings. The molecule has 1 aromatic heterocycles. The van der Waals surface area contributed by atoms with Crippen LogP contribution in [-0.4, -0.2) is 36.0 Å². The quantitative estimate of drug-likeness (QED) is 0.838. The van der Waals surface area contributed by atoms with E-state index in [9.17, 15) is 4.79 Å². The minimum atomic E-state index is 0.0301. The molecule has 0 saturated heterocycles. The summed E-state index contributed by atoms with van der Waals surface area (Å²) in [5.41, 5.74) is 2.28. The maximum Gasteiger partial charge on any atom is 0.234 e. The number of aromatic nitrogens is 1. The number of likely N-dealkylation sites (N-methyl/N-ethyl adjacent to an activating group) is 1. The van der Waals surface area contributed by atoms with Crippen molar-refractivity contribution in [2.75, 3.05) is 20.6 Å². The molecule has 1 heterocycles. The Balaban J connectivity index is 2.42. The highest BCUT2D eigenvalue weighted by atomic mass is 16.2. The molecule has 1 atom stereocenters. The minimum Gasteiger partial charge on any atom is -0.309 e. The second kappa shape index (κ2) is 6.44. The van der Waals surface area contributed by atoms with Gasteiger partial charge in [-0.05, 0) is 38.1 Å². The van der Waals surface area contributed by atoms with E-state index in [1.165, 1.54) is 10.9 Å². The SMILES string of the molecule is CC(C)C(C)C(=O)n1cc(CCN(C)C)c2ccccc21. The highest BCUT2D eigenvalue weighted by Gasteiger charge is 2.21. The summed E-state index contributed by atoms with van der Waals surface area (Å²) in [6.07, 6.45) is 3.00. The van der Waals surface area contributed by atoms with Crippen molar-refractivity contribution in [3.8, 4) is 0 Å². The molecule has 0 fully saturated rings. The molecule has 0 spiro atoms. The monoisotopic (exact) mass is 286 g/mol. The van der Waals surface area contributed by atoms with E-state index >= 15 is 0 Å². The fraction of sp³-hybridized carbons (Fsp3) is 0.500. The van der Waals surface area contributed by atoms with Crippen molar-refractivity contribution >= 4 is 16.8 Å². The number of carbonyl (C=O) groups excluding carboxylic acids is 1. The molecule has 1 unspecified atom stereocenters. The lowest BCUT2D eigenvalue weighted by atomic mass is 9.97. The van der Waals surface area contributed by atoms with E-state index < -0.39 is 0 Å². The number of hydrogen-bond donors (Lipinski definition) is 0. The number of carbonyl (C=O) groups is 1. The largest absolute Gasteiger partial charge is 0.309 e. The lowest BCUT2D eigenvalue weighted by Gasteiger charge is -2.15. The van der Waals surface area contributed by atoms with E-state index in [1.54, 1.807) is 0 Å². The van der Waals surface area contributed by atoms with Crippen molar-refractivity contribution in [3.63, 3.8) is 0 Å². The van der Waals surface area contributed by atoms with Gasteiger partial charge in [-0.1, -0.05) is 39.0 Å². The second-order valence-electron chi connectivity index (χ2n) is 6.47. The predicted molar refractivity (Wildman–Crippen MR) is 88.8 cm³/mol. The maximum atomic E-state index is 12.7. The van der Waals surface area contributed by atoms with Gasteiger partial charge in [-0.3, -0.25) is 9.36 Å². The highest BCUT2D eigenvalue weighted by molar-refractivity contribution is 5.95. The maximum absolute atomic E-state index is 12.7. The summed E-state index contributed by atoms with van der Waals surface area (Å²) in [4.78, 5) is 14.9. The van der Waals surface area contributed by atoms with E-state index in [4.69, 9.17) is 0 Å². The molecule has 114 valence electrons. The zero-order valence-corrected chi connectivity index (χ0v) is 13.8. The van der Waals surface area contributed by atoms with E-state index in [0.717, 1.165) is 18.5 Å². The molecule has 0 aliphatic carbocycles. The lowest BCUT2D eigenvalue weighted by molar-refractivity contribution is 0.0818. The van der Waals surface area contributed by atoms with Gasteiger partial charge in [0.25, 0.3) is 0 Å². The van der Waals surface area contributed by atoms with Gasteiger partial charge in [-0.25, -0.2) is 0 Å². The summed E-state index contributed by atoms with van der Waals surface area (Å²) in [5, 5.41) is 1.20. The molecule has 0 amide bonds. The summed E-state index contributed by atoms with van der Waals surface area (Å²) in [6, 6.07) is 8.20. The van der Waals surface area contributed by atoms with Gasteiger partial charge in [0.15, 0.2) is 0 Å². The first-order chi connectivity index (χ1) is 9.91. The van der Waals surface area contributed by atoms with Crippen molar-refractivity contribution in [1.29, 1.82) is 0 Å². The molecular formula is C18H26N2O. The molecule has 0 saturated carbocycles. The van der Waals surface area contributed by atoms with Gasteiger partial charge in [0.1, 0.15) is 0 Å². The average molecular weight is 286 g/mol. The van der Waals surface area contributed by atoms with Gasteiger partial charge in [-0.15, -0.1) is 0 Å². The molecule has 21 heavy (non-hydrogen) atoms. The number of hydrogen-bond acceptors (Lipinski definition) is 2. The Bertz CT molecular complexity index is 625. The van der Waals surface area contributed by atoms with Crippen molar-refractivity contribution in [2.45, 2.75) is 27.2 Å². The first kappa shape index (κ1) is 15.8. The predicted octanol–water partition coefficient (Wildman–Crippen LogP) is 3.68. The van der Waals surface area contributed by atoms with E-state index in [0.29, 0.717) is 5.92 Å². The van der Waals surface area contributed by atoms with Gasteiger partial charge in [0.05, 0.1) is 5.52 Å². The number of benzene rings is 1.